The van der Waals surface area contributed by atoms with Gasteiger partial charge >= 0.3 is 0 Å². The van der Waals surface area contributed by atoms with E-state index in [-0.39, 0.29) is 18.5 Å². The van der Waals surface area contributed by atoms with Gasteiger partial charge in [-0.05, 0) is 62.4 Å². The first kappa shape index (κ1) is 28.7. The third kappa shape index (κ3) is 7.70. The van der Waals surface area contributed by atoms with E-state index >= 15 is 0 Å². The minimum Gasteiger partial charge on any atom is -0.352 e. The lowest BCUT2D eigenvalue weighted by Gasteiger charge is -2.34. The number of nitrogens with one attached hydrogen (secondary N) is 1. The van der Waals surface area contributed by atoms with Crippen molar-refractivity contribution in [2.45, 2.75) is 66.1 Å². The quantitative estimate of drug-likeness (QED) is 0.473. The Balaban J connectivity index is 2.50. The number of rotatable bonds is 11. The van der Waals surface area contributed by atoms with Crippen molar-refractivity contribution in [2.75, 3.05) is 17.1 Å². The fraction of sp³-hybridized carbons (Fsp3) is 0.462. The first-order valence-corrected chi connectivity index (χ1v) is 14.0. The van der Waals surface area contributed by atoms with Crippen molar-refractivity contribution >= 4 is 39.1 Å². The van der Waals surface area contributed by atoms with Crippen molar-refractivity contribution in [1.82, 2.24) is 10.2 Å². The van der Waals surface area contributed by atoms with Gasteiger partial charge in [0.2, 0.25) is 21.8 Å². The fourth-order valence-corrected chi connectivity index (χ4v) is 4.85. The van der Waals surface area contributed by atoms with Crippen LogP contribution in [0.15, 0.2) is 42.5 Å². The number of anilines is 1. The van der Waals surface area contributed by atoms with Gasteiger partial charge in [-0.3, -0.25) is 13.9 Å². The number of nitrogens with zero attached hydrogens (tertiary/aromatic N) is 2. The molecule has 0 spiro atoms. The van der Waals surface area contributed by atoms with Crippen LogP contribution in [0, 0.1) is 13.8 Å². The Morgan fingerprint density at radius 3 is 2.29 bits per heavy atom. The predicted octanol–water partition coefficient (Wildman–Crippen LogP) is 4.44. The number of sulfonamides is 1. The average Bonchev–Trinajstić information content (AvgIpc) is 2.79. The molecule has 0 unspecified atom stereocenters. The maximum Gasteiger partial charge on any atom is 0.244 e. The molecule has 0 aromatic heterocycles. The molecule has 0 aliphatic carbocycles. The normalized spacial score (nSPS) is 13.1. The average molecular weight is 522 g/mol. The van der Waals surface area contributed by atoms with Gasteiger partial charge in [-0.15, -0.1) is 0 Å². The SMILES string of the molecule is CC[C@H](C)NC(=O)[C@H](CC)N(Cc1ccccc1Cl)C(=O)CN(c1cc(C)ccc1C)S(C)(=O)=O. The standard InChI is InChI=1S/C26H36ClN3O4S/c1-7-20(5)28-26(32)23(8-2)29(16-21-11-9-10-12-22(21)27)25(31)17-30(35(6,33)34)24-15-18(3)13-14-19(24)4/h9-15,20,23H,7-8,16-17H2,1-6H3,(H,28,32)/t20-,23-/m0/s1. The van der Waals surface area contributed by atoms with Crippen LogP contribution < -0.4 is 9.62 Å². The number of carbonyl (C=O) groups is 2. The molecule has 2 aromatic rings. The monoisotopic (exact) mass is 521 g/mol. The second-order valence-corrected chi connectivity index (χ2v) is 11.2. The smallest absolute Gasteiger partial charge is 0.244 e. The Morgan fingerprint density at radius 2 is 1.71 bits per heavy atom. The zero-order chi connectivity index (χ0) is 26.3. The number of halogens is 1. The van der Waals surface area contributed by atoms with Crippen molar-refractivity contribution in [3.05, 3.63) is 64.2 Å². The summed E-state index contributed by atoms with van der Waals surface area (Å²) in [5.74, 6) is -0.762. The van der Waals surface area contributed by atoms with Crippen LogP contribution in [0.25, 0.3) is 0 Å². The van der Waals surface area contributed by atoms with Gasteiger partial charge in [0.25, 0.3) is 0 Å². The molecule has 2 atom stereocenters. The molecule has 0 saturated heterocycles. The lowest BCUT2D eigenvalue weighted by Crippen LogP contribution is -2.53. The Bertz CT molecular complexity index is 1150. The van der Waals surface area contributed by atoms with Gasteiger partial charge in [-0.25, -0.2) is 8.42 Å². The van der Waals surface area contributed by atoms with Crippen LogP contribution in [-0.4, -0.2) is 50.0 Å². The molecule has 2 amide bonds. The Labute approximate surface area is 214 Å². The summed E-state index contributed by atoms with van der Waals surface area (Å²) in [5.41, 5.74) is 2.72. The van der Waals surface area contributed by atoms with E-state index in [0.29, 0.717) is 22.7 Å². The van der Waals surface area contributed by atoms with Crippen LogP contribution in [0.3, 0.4) is 0 Å². The Kier molecular flexibility index (Phi) is 10.2. The number of benzene rings is 2. The fourth-order valence-electron chi connectivity index (χ4n) is 3.75. The van der Waals surface area contributed by atoms with E-state index in [1.165, 1.54) is 4.90 Å². The molecule has 9 heteroatoms. The highest BCUT2D eigenvalue weighted by Gasteiger charge is 2.32. The van der Waals surface area contributed by atoms with Gasteiger partial charge < -0.3 is 10.2 Å². The van der Waals surface area contributed by atoms with E-state index < -0.39 is 28.5 Å². The summed E-state index contributed by atoms with van der Waals surface area (Å²) in [7, 11) is -3.78. The molecule has 192 valence electrons. The van der Waals surface area contributed by atoms with Crippen molar-refractivity contribution < 1.29 is 18.0 Å². The summed E-state index contributed by atoms with van der Waals surface area (Å²) in [6.07, 6.45) is 2.18. The number of hydrogen-bond acceptors (Lipinski definition) is 4. The molecule has 0 aliphatic rings. The number of hydrogen-bond donors (Lipinski definition) is 1. The molecule has 0 radical (unpaired) electrons. The van der Waals surface area contributed by atoms with Gasteiger partial charge in [0.1, 0.15) is 12.6 Å². The lowest BCUT2D eigenvalue weighted by atomic mass is 10.1. The molecular formula is C26H36ClN3O4S. The van der Waals surface area contributed by atoms with Crippen LogP contribution in [0.5, 0.6) is 0 Å². The van der Waals surface area contributed by atoms with Gasteiger partial charge in [-0.2, -0.15) is 0 Å². The highest BCUT2D eigenvalue weighted by molar-refractivity contribution is 7.92. The summed E-state index contributed by atoms with van der Waals surface area (Å²) in [4.78, 5) is 28.3. The van der Waals surface area contributed by atoms with Crippen molar-refractivity contribution in [2.24, 2.45) is 0 Å². The zero-order valence-corrected chi connectivity index (χ0v) is 22.9. The summed E-state index contributed by atoms with van der Waals surface area (Å²) in [6.45, 7) is 9.00. The molecule has 2 rings (SSSR count). The minimum absolute atomic E-state index is 0.0590. The van der Waals surface area contributed by atoms with E-state index in [1.54, 1.807) is 31.2 Å². The van der Waals surface area contributed by atoms with Crippen LogP contribution >= 0.6 is 11.6 Å². The van der Waals surface area contributed by atoms with Crippen LogP contribution in [0.2, 0.25) is 5.02 Å². The van der Waals surface area contributed by atoms with Crippen molar-refractivity contribution in [3.63, 3.8) is 0 Å². The molecule has 0 saturated carbocycles. The summed E-state index contributed by atoms with van der Waals surface area (Å²) >= 11 is 6.37. The maximum absolute atomic E-state index is 13.7. The molecule has 2 aromatic carbocycles. The molecule has 35 heavy (non-hydrogen) atoms. The Hall–Kier alpha value is -2.58. The molecule has 0 heterocycles. The van der Waals surface area contributed by atoms with Crippen molar-refractivity contribution in [3.8, 4) is 0 Å². The van der Waals surface area contributed by atoms with E-state index in [2.05, 4.69) is 5.32 Å². The van der Waals surface area contributed by atoms with Gasteiger partial charge in [0.05, 0.1) is 11.9 Å². The summed E-state index contributed by atoms with van der Waals surface area (Å²) < 4.78 is 26.7. The topological polar surface area (TPSA) is 86.8 Å². The third-order valence-corrected chi connectivity index (χ3v) is 7.49. The van der Waals surface area contributed by atoms with E-state index in [4.69, 9.17) is 11.6 Å². The summed E-state index contributed by atoms with van der Waals surface area (Å²) in [5, 5.41) is 3.42. The van der Waals surface area contributed by atoms with Gasteiger partial charge in [0.15, 0.2) is 0 Å². The number of amides is 2. The van der Waals surface area contributed by atoms with E-state index in [0.717, 1.165) is 28.1 Å². The largest absolute Gasteiger partial charge is 0.352 e. The second kappa shape index (κ2) is 12.4. The van der Waals surface area contributed by atoms with E-state index in [9.17, 15) is 18.0 Å². The summed E-state index contributed by atoms with van der Waals surface area (Å²) in [6, 6.07) is 11.7. The molecule has 1 N–H and O–H groups in total. The van der Waals surface area contributed by atoms with Crippen molar-refractivity contribution in [1.29, 1.82) is 0 Å². The number of carbonyl (C=O) groups excluding carboxylic acids is 2. The van der Waals surface area contributed by atoms with Crippen LogP contribution in [0.1, 0.15) is 50.3 Å². The van der Waals surface area contributed by atoms with E-state index in [1.807, 2.05) is 45.9 Å². The maximum atomic E-state index is 13.7. The molecule has 0 fully saturated rings. The minimum atomic E-state index is -3.78. The predicted molar refractivity (Wildman–Crippen MR) is 142 cm³/mol. The molecule has 7 nitrogen and oxygen atoms in total. The second-order valence-electron chi connectivity index (χ2n) is 8.91. The molecular weight excluding hydrogens is 486 g/mol. The third-order valence-electron chi connectivity index (χ3n) is 6.00. The van der Waals surface area contributed by atoms with Crippen LogP contribution in [-0.2, 0) is 26.2 Å². The highest BCUT2D eigenvalue weighted by atomic mass is 35.5. The number of aryl methyl sites for hydroxylation is 2. The lowest BCUT2D eigenvalue weighted by molar-refractivity contribution is -0.140. The molecule has 0 aliphatic heterocycles. The molecule has 0 bridgehead atoms. The Morgan fingerprint density at radius 1 is 1.06 bits per heavy atom. The first-order chi connectivity index (χ1) is 16.4. The van der Waals surface area contributed by atoms with Crippen LogP contribution in [0.4, 0.5) is 5.69 Å². The highest BCUT2D eigenvalue weighted by Crippen LogP contribution is 2.25. The van der Waals surface area contributed by atoms with Gasteiger partial charge in [-0.1, -0.05) is 55.8 Å². The zero-order valence-electron chi connectivity index (χ0n) is 21.3. The van der Waals surface area contributed by atoms with Gasteiger partial charge in [0, 0.05) is 17.6 Å². The first-order valence-electron chi connectivity index (χ1n) is 11.8.